The van der Waals surface area contributed by atoms with E-state index >= 15 is 0 Å². The van der Waals surface area contributed by atoms with E-state index in [0.29, 0.717) is 0 Å². The summed E-state index contributed by atoms with van der Waals surface area (Å²) in [6.45, 7) is 14.1. The Bertz CT molecular complexity index is 375. The molecule has 1 nitrogen and oxygen atoms in total. The molecule has 0 aliphatic carbocycles. The lowest BCUT2D eigenvalue weighted by atomic mass is 10.1. The molecule has 0 unspecified atom stereocenters. The summed E-state index contributed by atoms with van der Waals surface area (Å²) in [6.07, 6.45) is 3.15. The summed E-state index contributed by atoms with van der Waals surface area (Å²) >= 11 is 0. The fourth-order valence-electron chi connectivity index (χ4n) is 1.62. The van der Waals surface area contributed by atoms with Gasteiger partial charge in [0.2, 0.25) is 0 Å². The van der Waals surface area contributed by atoms with Crippen LogP contribution in [0.4, 0.5) is 5.69 Å². The van der Waals surface area contributed by atoms with Crippen LogP contribution in [-0.4, -0.2) is 0 Å². The van der Waals surface area contributed by atoms with Gasteiger partial charge >= 0.3 is 0 Å². The maximum atomic E-state index is 3.97. The third kappa shape index (κ3) is 4.90. The van der Waals surface area contributed by atoms with E-state index in [1.54, 1.807) is 0 Å². The van der Waals surface area contributed by atoms with Crippen LogP contribution in [0, 0.1) is 0 Å². The Morgan fingerprint density at radius 1 is 1.06 bits per heavy atom. The molecular weight excluding hydrogens is 206 g/mol. The predicted molar refractivity (Wildman–Crippen MR) is 80.2 cm³/mol. The highest BCUT2D eigenvalue weighted by Crippen LogP contribution is 2.26. The molecular formula is C16H25N. The lowest BCUT2D eigenvalue weighted by Crippen LogP contribution is -1.96. The minimum absolute atomic E-state index is 0.939. The minimum Gasteiger partial charge on any atom is -0.359 e. The van der Waals surface area contributed by atoms with Crippen molar-refractivity contribution in [2.24, 2.45) is 0 Å². The largest absolute Gasteiger partial charge is 0.359 e. The zero-order valence-corrected chi connectivity index (χ0v) is 11.8. The van der Waals surface area contributed by atoms with Gasteiger partial charge in [-0.1, -0.05) is 64.1 Å². The van der Waals surface area contributed by atoms with Crippen molar-refractivity contribution >= 4 is 11.8 Å². The maximum absolute atomic E-state index is 3.97. The number of benzene rings is 1. The van der Waals surface area contributed by atoms with Crippen LogP contribution in [0.25, 0.3) is 6.08 Å². The topological polar surface area (TPSA) is 12.0 Å². The van der Waals surface area contributed by atoms with Crippen LogP contribution in [0.15, 0.2) is 42.1 Å². The SMILES string of the molecule is C=C1CC(C)=Cc2ccccc2N1.CC.CC. The summed E-state index contributed by atoms with van der Waals surface area (Å²) in [5.74, 6) is 0. The Morgan fingerprint density at radius 3 is 2.29 bits per heavy atom. The Morgan fingerprint density at radius 2 is 1.65 bits per heavy atom. The van der Waals surface area contributed by atoms with Gasteiger partial charge in [0, 0.05) is 17.8 Å². The fraction of sp³-hybridized carbons (Fsp3) is 0.375. The van der Waals surface area contributed by atoms with Crippen LogP contribution >= 0.6 is 0 Å². The summed E-state index contributed by atoms with van der Waals surface area (Å²) in [6, 6.07) is 8.28. The van der Waals surface area contributed by atoms with Crippen molar-refractivity contribution in [3.05, 3.63) is 47.7 Å². The van der Waals surface area contributed by atoms with Gasteiger partial charge < -0.3 is 5.32 Å². The summed E-state index contributed by atoms with van der Waals surface area (Å²) < 4.78 is 0. The number of hydrogen-bond donors (Lipinski definition) is 1. The number of allylic oxidation sites excluding steroid dienone is 1. The van der Waals surface area contributed by atoms with E-state index in [9.17, 15) is 0 Å². The van der Waals surface area contributed by atoms with E-state index in [1.165, 1.54) is 11.1 Å². The molecule has 1 heteroatoms. The van der Waals surface area contributed by atoms with Crippen molar-refractivity contribution in [2.75, 3.05) is 5.32 Å². The van der Waals surface area contributed by atoms with Gasteiger partial charge in [0.25, 0.3) is 0 Å². The molecule has 0 saturated carbocycles. The molecule has 1 N–H and O–H groups in total. The number of anilines is 1. The summed E-state index contributed by atoms with van der Waals surface area (Å²) in [7, 11) is 0. The zero-order valence-electron chi connectivity index (χ0n) is 11.8. The normalized spacial score (nSPS) is 12.5. The third-order valence-corrected chi connectivity index (χ3v) is 2.17. The molecule has 0 atom stereocenters. The van der Waals surface area contributed by atoms with Gasteiger partial charge in [0.1, 0.15) is 0 Å². The van der Waals surface area contributed by atoms with Crippen molar-refractivity contribution in [1.29, 1.82) is 0 Å². The van der Waals surface area contributed by atoms with Gasteiger partial charge in [0.05, 0.1) is 0 Å². The molecule has 1 aliphatic rings. The molecule has 0 fully saturated rings. The Labute approximate surface area is 106 Å². The lowest BCUT2D eigenvalue weighted by Gasteiger charge is -2.07. The number of nitrogens with one attached hydrogen (secondary N) is 1. The molecule has 94 valence electrons. The second-order valence-electron chi connectivity index (χ2n) is 3.48. The highest BCUT2D eigenvalue weighted by Gasteiger charge is 2.06. The van der Waals surface area contributed by atoms with Crippen molar-refractivity contribution < 1.29 is 0 Å². The molecule has 1 aromatic rings. The monoisotopic (exact) mass is 231 g/mol. The van der Waals surface area contributed by atoms with Gasteiger partial charge in [-0.15, -0.1) is 0 Å². The van der Waals surface area contributed by atoms with E-state index in [0.717, 1.165) is 17.8 Å². The van der Waals surface area contributed by atoms with Gasteiger partial charge in [-0.2, -0.15) is 0 Å². The van der Waals surface area contributed by atoms with E-state index < -0.39 is 0 Å². The van der Waals surface area contributed by atoms with Crippen molar-refractivity contribution in [3.8, 4) is 0 Å². The Hall–Kier alpha value is -1.50. The third-order valence-electron chi connectivity index (χ3n) is 2.17. The molecule has 1 aliphatic heterocycles. The molecule has 0 aromatic heterocycles. The minimum atomic E-state index is 0.939. The van der Waals surface area contributed by atoms with Crippen molar-refractivity contribution in [2.45, 2.75) is 41.0 Å². The average molecular weight is 231 g/mol. The highest BCUT2D eigenvalue weighted by molar-refractivity contribution is 5.71. The molecule has 2 rings (SSSR count). The Balaban J connectivity index is 0.000000581. The van der Waals surface area contributed by atoms with Crippen LogP contribution in [-0.2, 0) is 0 Å². The first-order valence-corrected chi connectivity index (χ1v) is 6.47. The smallest absolute Gasteiger partial charge is 0.0455 e. The van der Waals surface area contributed by atoms with Gasteiger partial charge in [-0.05, 0) is 18.6 Å². The highest BCUT2D eigenvalue weighted by atomic mass is 14.9. The molecule has 0 radical (unpaired) electrons. The maximum Gasteiger partial charge on any atom is 0.0455 e. The number of fused-ring (bicyclic) bond motifs is 1. The molecule has 0 spiro atoms. The molecule has 0 saturated heterocycles. The van der Waals surface area contributed by atoms with Gasteiger partial charge in [0.15, 0.2) is 0 Å². The quantitative estimate of drug-likeness (QED) is 0.624. The number of rotatable bonds is 0. The van der Waals surface area contributed by atoms with E-state index in [2.05, 4.69) is 43.1 Å². The van der Waals surface area contributed by atoms with Crippen molar-refractivity contribution in [1.82, 2.24) is 0 Å². The molecule has 0 amide bonds. The van der Waals surface area contributed by atoms with E-state index in [1.807, 2.05) is 33.8 Å². The van der Waals surface area contributed by atoms with Crippen LogP contribution in [0.1, 0.15) is 46.6 Å². The number of hydrogen-bond acceptors (Lipinski definition) is 1. The molecule has 17 heavy (non-hydrogen) atoms. The van der Waals surface area contributed by atoms with E-state index in [-0.39, 0.29) is 0 Å². The average Bonchev–Trinajstić information content (AvgIpc) is 2.50. The first kappa shape index (κ1) is 15.5. The summed E-state index contributed by atoms with van der Waals surface area (Å²) in [4.78, 5) is 0. The summed E-state index contributed by atoms with van der Waals surface area (Å²) in [5.41, 5.74) is 4.82. The zero-order chi connectivity index (χ0) is 13.3. The molecule has 0 bridgehead atoms. The second-order valence-corrected chi connectivity index (χ2v) is 3.48. The first-order chi connectivity index (χ1) is 8.25. The fourth-order valence-corrected chi connectivity index (χ4v) is 1.62. The lowest BCUT2D eigenvalue weighted by molar-refractivity contribution is 1.15. The van der Waals surface area contributed by atoms with Crippen LogP contribution in [0.5, 0.6) is 0 Å². The standard InChI is InChI=1S/C12H13N.2C2H6/c1-9-7-10(2)13-12-6-4-3-5-11(12)8-9;2*1-2/h3-6,8,13H,2,7H2,1H3;2*1-2H3. The predicted octanol–water partition coefficient (Wildman–Crippen LogP) is 5.47. The van der Waals surface area contributed by atoms with Gasteiger partial charge in [-0.25, -0.2) is 0 Å². The first-order valence-electron chi connectivity index (χ1n) is 6.47. The van der Waals surface area contributed by atoms with Crippen LogP contribution in [0.2, 0.25) is 0 Å². The van der Waals surface area contributed by atoms with Crippen LogP contribution < -0.4 is 5.32 Å². The Kier molecular flexibility index (Phi) is 7.87. The second kappa shape index (κ2) is 8.63. The van der Waals surface area contributed by atoms with Crippen LogP contribution in [0.3, 0.4) is 0 Å². The van der Waals surface area contributed by atoms with Crippen molar-refractivity contribution in [3.63, 3.8) is 0 Å². The number of para-hydroxylation sites is 1. The molecule has 1 aromatic carbocycles. The molecule has 1 heterocycles. The van der Waals surface area contributed by atoms with Gasteiger partial charge in [-0.3, -0.25) is 0 Å². The summed E-state index contributed by atoms with van der Waals surface area (Å²) in [5, 5.41) is 3.31. The van der Waals surface area contributed by atoms with E-state index in [4.69, 9.17) is 0 Å².